The van der Waals surface area contributed by atoms with Gasteiger partial charge in [-0.1, -0.05) is 0 Å². The summed E-state index contributed by atoms with van der Waals surface area (Å²) in [5, 5.41) is 11.2. The van der Waals surface area contributed by atoms with Gasteiger partial charge >= 0.3 is 0 Å². The number of fused-ring (bicyclic) bond motifs is 1. The molecule has 2 heterocycles. The molecule has 0 radical (unpaired) electrons. The minimum atomic E-state index is -3.42. The van der Waals surface area contributed by atoms with Crippen LogP contribution in [0.25, 0.3) is 22.0 Å². The van der Waals surface area contributed by atoms with Crippen LogP contribution in [0, 0.1) is 23.7 Å². The normalized spacial score (nSPS) is 30.8. The first-order chi connectivity index (χ1) is 15.7. The SMILES string of the molecule is Cn1cc(-c2cc(S(C)(=O)=O)ccc2OC2C3CC4CC2CC(C3)C4O)c2cc[nH]c2c1=O. The molecule has 0 atom stereocenters. The Kier molecular flexibility index (Phi) is 4.58. The molecule has 0 unspecified atom stereocenters. The van der Waals surface area contributed by atoms with Gasteiger partial charge in [-0.05, 0) is 73.6 Å². The van der Waals surface area contributed by atoms with Gasteiger partial charge in [0, 0.05) is 42.2 Å². The number of nitrogens with zero attached hydrogens (tertiary/aromatic N) is 1. The van der Waals surface area contributed by atoms with Gasteiger partial charge < -0.3 is 19.4 Å². The fourth-order valence-electron chi connectivity index (χ4n) is 6.68. The number of hydrogen-bond acceptors (Lipinski definition) is 5. The van der Waals surface area contributed by atoms with Crippen molar-refractivity contribution in [3.05, 3.63) is 47.0 Å². The third-order valence-electron chi connectivity index (χ3n) is 8.14. The number of aromatic nitrogens is 2. The number of sulfone groups is 1. The van der Waals surface area contributed by atoms with E-state index in [2.05, 4.69) is 4.98 Å². The molecule has 3 aromatic rings. The monoisotopic (exact) mass is 468 g/mol. The number of ether oxygens (including phenoxy) is 1. The van der Waals surface area contributed by atoms with E-state index in [0.29, 0.717) is 40.5 Å². The molecule has 4 saturated carbocycles. The average Bonchev–Trinajstić information content (AvgIpc) is 3.25. The van der Waals surface area contributed by atoms with E-state index in [1.54, 1.807) is 37.6 Å². The predicted molar refractivity (Wildman–Crippen MR) is 125 cm³/mol. The molecule has 7 nitrogen and oxygen atoms in total. The van der Waals surface area contributed by atoms with Crippen LogP contribution in [0.2, 0.25) is 0 Å². The standard InChI is InChI=1S/C25H28N2O5S/c1-27-12-20(18-5-6-26-22(18)25(27)29)19-11-17(33(2,30)31)3-4-21(19)32-24-15-7-13-8-16(24)10-14(9-15)23(13)28/h3-6,11-16,23-24,26,28H,7-10H2,1-2H3. The summed E-state index contributed by atoms with van der Waals surface area (Å²) in [4.78, 5) is 15.8. The van der Waals surface area contributed by atoms with Crippen LogP contribution in [0.15, 0.2) is 46.3 Å². The molecule has 2 aromatic heterocycles. The molecule has 7 rings (SSSR count). The molecule has 4 aliphatic carbocycles. The molecule has 8 heteroatoms. The number of rotatable bonds is 4. The van der Waals surface area contributed by atoms with Gasteiger partial charge in [0.15, 0.2) is 9.84 Å². The van der Waals surface area contributed by atoms with Crippen molar-refractivity contribution in [3.63, 3.8) is 0 Å². The number of benzene rings is 1. The van der Waals surface area contributed by atoms with Crippen molar-refractivity contribution in [3.8, 4) is 16.9 Å². The first kappa shape index (κ1) is 21.0. The van der Waals surface area contributed by atoms with E-state index in [1.165, 1.54) is 10.8 Å². The number of hydrogen-bond donors (Lipinski definition) is 2. The minimum Gasteiger partial charge on any atom is -0.489 e. The third kappa shape index (κ3) is 3.26. The highest BCUT2D eigenvalue weighted by Gasteiger charge is 2.53. The summed E-state index contributed by atoms with van der Waals surface area (Å²) >= 11 is 0. The summed E-state index contributed by atoms with van der Waals surface area (Å²) < 4.78 is 32.9. The maximum Gasteiger partial charge on any atom is 0.274 e. The number of aliphatic hydroxyl groups is 1. The number of aryl methyl sites for hydroxylation is 1. The topological polar surface area (TPSA) is 101 Å². The molecule has 0 saturated heterocycles. The van der Waals surface area contributed by atoms with Crippen LogP contribution in [0.3, 0.4) is 0 Å². The van der Waals surface area contributed by atoms with Crippen molar-refractivity contribution in [2.24, 2.45) is 30.7 Å². The van der Waals surface area contributed by atoms with Crippen molar-refractivity contribution in [1.29, 1.82) is 0 Å². The van der Waals surface area contributed by atoms with E-state index >= 15 is 0 Å². The highest BCUT2D eigenvalue weighted by molar-refractivity contribution is 7.90. The molecule has 174 valence electrons. The van der Waals surface area contributed by atoms with Gasteiger partial charge in [-0.2, -0.15) is 0 Å². The summed E-state index contributed by atoms with van der Waals surface area (Å²) in [6.45, 7) is 0. The van der Waals surface area contributed by atoms with Gasteiger partial charge in [-0.15, -0.1) is 0 Å². The zero-order valence-corrected chi connectivity index (χ0v) is 19.5. The van der Waals surface area contributed by atoms with Crippen LogP contribution in [-0.2, 0) is 16.9 Å². The van der Waals surface area contributed by atoms with Crippen molar-refractivity contribution >= 4 is 20.7 Å². The fraction of sp³-hybridized carbons (Fsp3) is 0.480. The zero-order valence-electron chi connectivity index (χ0n) is 18.7. The lowest BCUT2D eigenvalue weighted by atomic mass is 9.53. The minimum absolute atomic E-state index is 0.0575. The molecule has 0 aliphatic heterocycles. The van der Waals surface area contributed by atoms with E-state index < -0.39 is 9.84 Å². The average molecular weight is 469 g/mol. The third-order valence-corrected chi connectivity index (χ3v) is 9.25. The first-order valence-corrected chi connectivity index (χ1v) is 13.5. The molecule has 4 aliphatic rings. The van der Waals surface area contributed by atoms with Crippen LogP contribution in [0.1, 0.15) is 25.7 Å². The first-order valence-electron chi connectivity index (χ1n) is 11.6. The fourth-order valence-corrected chi connectivity index (χ4v) is 7.33. The number of pyridine rings is 1. The molecule has 1 aromatic carbocycles. The Morgan fingerprint density at radius 3 is 2.33 bits per heavy atom. The highest BCUT2D eigenvalue weighted by atomic mass is 32.2. The second-order valence-corrected chi connectivity index (χ2v) is 12.2. The molecule has 0 spiro atoms. The summed E-state index contributed by atoms with van der Waals surface area (Å²) in [6.07, 6.45) is 8.49. The smallest absolute Gasteiger partial charge is 0.274 e. The lowest BCUT2D eigenvalue weighted by Crippen LogP contribution is -2.56. The molecule has 33 heavy (non-hydrogen) atoms. The number of aliphatic hydroxyl groups excluding tert-OH is 1. The molecule has 4 bridgehead atoms. The van der Waals surface area contributed by atoms with Crippen molar-refractivity contribution < 1.29 is 18.3 Å². The van der Waals surface area contributed by atoms with E-state index in [9.17, 15) is 18.3 Å². The van der Waals surface area contributed by atoms with Gasteiger partial charge in [-0.3, -0.25) is 4.79 Å². The molecular formula is C25H28N2O5S. The van der Waals surface area contributed by atoms with Gasteiger partial charge in [-0.25, -0.2) is 8.42 Å². The molecule has 0 amide bonds. The highest BCUT2D eigenvalue weighted by Crippen LogP contribution is 2.55. The molecule has 2 N–H and O–H groups in total. The van der Waals surface area contributed by atoms with E-state index in [1.807, 2.05) is 6.07 Å². The van der Waals surface area contributed by atoms with E-state index in [4.69, 9.17) is 4.74 Å². The molecular weight excluding hydrogens is 440 g/mol. The van der Waals surface area contributed by atoms with Gasteiger partial charge in [0.1, 0.15) is 17.4 Å². The number of H-pyrrole nitrogens is 1. The largest absolute Gasteiger partial charge is 0.489 e. The van der Waals surface area contributed by atoms with Crippen LogP contribution in [-0.4, -0.2) is 41.5 Å². The number of nitrogens with one attached hydrogen (secondary N) is 1. The Bertz CT molecular complexity index is 1390. The summed E-state index contributed by atoms with van der Waals surface area (Å²) in [5.74, 6) is 2.21. The summed E-state index contributed by atoms with van der Waals surface area (Å²) in [6, 6.07) is 6.86. The maximum absolute atomic E-state index is 12.6. The summed E-state index contributed by atoms with van der Waals surface area (Å²) in [5.41, 5.74) is 1.77. The zero-order chi connectivity index (χ0) is 23.1. The van der Waals surface area contributed by atoms with Crippen molar-refractivity contribution in [2.75, 3.05) is 6.26 Å². The van der Waals surface area contributed by atoms with Crippen LogP contribution in [0.4, 0.5) is 0 Å². The van der Waals surface area contributed by atoms with Gasteiger partial charge in [0.05, 0.1) is 11.0 Å². The van der Waals surface area contributed by atoms with Crippen LogP contribution < -0.4 is 10.3 Å². The Morgan fingerprint density at radius 1 is 1.03 bits per heavy atom. The second-order valence-electron chi connectivity index (χ2n) is 10.2. The maximum atomic E-state index is 12.6. The van der Waals surface area contributed by atoms with Crippen molar-refractivity contribution in [1.82, 2.24) is 9.55 Å². The molecule has 4 fully saturated rings. The van der Waals surface area contributed by atoms with Gasteiger partial charge in [0.25, 0.3) is 5.56 Å². The number of aromatic amines is 1. The lowest BCUT2D eigenvalue weighted by Gasteiger charge is -2.56. The predicted octanol–water partition coefficient (Wildman–Crippen LogP) is 3.11. The van der Waals surface area contributed by atoms with Crippen molar-refractivity contribution in [2.45, 2.75) is 42.8 Å². The Labute approximate surface area is 192 Å². The van der Waals surface area contributed by atoms with E-state index in [-0.39, 0.29) is 22.7 Å². The quantitative estimate of drug-likeness (QED) is 0.613. The Hall–Kier alpha value is -2.58. The van der Waals surface area contributed by atoms with E-state index in [0.717, 1.165) is 36.6 Å². The lowest BCUT2D eigenvalue weighted by molar-refractivity contribution is -0.142. The second kappa shape index (κ2) is 7.21. The van der Waals surface area contributed by atoms with Crippen LogP contribution >= 0.6 is 0 Å². The Morgan fingerprint density at radius 2 is 1.70 bits per heavy atom. The van der Waals surface area contributed by atoms with Crippen LogP contribution in [0.5, 0.6) is 5.75 Å². The summed E-state index contributed by atoms with van der Waals surface area (Å²) in [7, 11) is -1.73. The van der Waals surface area contributed by atoms with Gasteiger partial charge in [0.2, 0.25) is 0 Å². The Balaban J connectivity index is 1.47.